The van der Waals surface area contributed by atoms with E-state index in [0.717, 1.165) is 37.9 Å². The van der Waals surface area contributed by atoms with Crippen LogP contribution in [0.5, 0.6) is 0 Å². The third kappa shape index (κ3) is 1.87. The fourth-order valence-electron chi connectivity index (χ4n) is 3.67. The van der Waals surface area contributed by atoms with Gasteiger partial charge in [-0.1, -0.05) is 12.1 Å². The zero-order valence-electron chi connectivity index (χ0n) is 11.8. The largest absolute Gasteiger partial charge is 0.450 e. The number of para-hydroxylation sites is 1. The van der Waals surface area contributed by atoms with Crippen molar-refractivity contribution in [2.24, 2.45) is 5.92 Å². The Kier molecular flexibility index (Phi) is 2.60. The molecule has 3 fully saturated rings. The number of aromatic nitrogens is 2. The number of nitrogens with zero attached hydrogens (tertiary/aromatic N) is 2. The first-order chi connectivity index (χ1) is 10.7. The predicted molar refractivity (Wildman–Crippen MR) is 93.7 cm³/mol. The number of hydrogen-bond donors (Lipinski definition) is 1. The number of furan rings is 1. The lowest BCUT2D eigenvalue weighted by Crippen LogP contribution is -2.63. The second-order valence-corrected chi connectivity index (χ2v) is 7.49. The highest BCUT2D eigenvalue weighted by Crippen LogP contribution is 2.58. The first-order valence-electron chi connectivity index (χ1n) is 7.51. The molecule has 2 heterocycles. The summed E-state index contributed by atoms with van der Waals surface area (Å²) in [6.07, 6.45) is 5.63. The molecule has 3 aliphatic carbocycles. The van der Waals surface area contributed by atoms with Crippen molar-refractivity contribution in [3.05, 3.63) is 40.3 Å². The Morgan fingerprint density at radius 2 is 2.09 bits per heavy atom. The van der Waals surface area contributed by atoms with Gasteiger partial charge in [0, 0.05) is 22.7 Å². The van der Waals surface area contributed by atoms with Crippen LogP contribution >= 0.6 is 22.6 Å². The van der Waals surface area contributed by atoms with Crippen molar-refractivity contribution in [1.29, 1.82) is 0 Å². The Balaban J connectivity index is 1.56. The van der Waals surface area contributed by atoms with E-state index in [1.54, 1.807) is 0 Å². The van der Waals surface area contributed by atoms with Crippen LogP contribution in [0.25, 0.3) is 22.2 Å². The maximum Gasteiger partial charge on any atom is 0.223 e. The van der Waals surface area contributed by atoms with E-state index >= 15 is 0 Å². The van der Waals surface area contributed by atoms with Gasteiger partial charge in [0.25, 0.3) is 0 Å². The Bertz CT molecular complexity index is 871. The van der Waals surface area contributed by atoms with Gasteiger partial charge in [-0.15, -0.1) is 0 Å². The van der Waals surface area contributed by atoms with E-state index < -0.39 is 0 Å². The summed E-state index contributed by atoms with van der Waals surface area (Å²) in [4.78, 5) is 9.10. The third-order valence-electron chi connectivity index (χ3n) is 4.86. The molecule has 2 bridgehead atoms. The van der Waals surface area contributed by atoms with Gasteiger partial charge in [0.1, 0.15) is 5.58 Å². The molecule has 0 saturated heterocycles. The van der Waals surface area contributed by atoms with Crippen molar-refractivity contribution in [3.63, 3.8) is 0 Å². The Hall–Kier alpha value is -1.63. The minimum Gasteiger partial charge on any atom is -0.450 e. The summed E-state index contributed by atoms with van der Waals surface area (Å²) < 4.78 is 6.73. The van der Waals surface area contributed by atoms with Crippen molar-refractivity contribution in [3.8, 4) is 11.3 Å². The molecule has 22 heavy (non-hydrogen) atoms. The van der Waals surface area contributed by atoms with Crippen LogP contribution < -0.4 is 5.32 Å². The molecule has 0 amide bonds. The van der Waals surface area contributed by atoms with Gasteiger partial charge >= 0.3 is 0 Å². The lowest BCUT2D eigenvalue weighted by molar-refractivity contribution is 0.00147. The molecule has 1 aromatic carbocycles. The van der Waals surface area contributed by atoms with Crippen molar-refractivity contribution in [2.45, 2.75) is 24.8 Å². The van der Waals surface area contributed by atoms with Crippen molar-refractivity contribution < 1.29 is 4.42 Å². The highest BCUT2D eigenvalue weighted by Gasteiger charge is 2.57. The van der Waals surface area contributed by atoms with Gasteiger partial charge in [0.2, 0.25) is 5.95 Å². The van der Waals surface area contributed by atoms with E-state index in [0.29, 0.717) is 0 Å². The quantitative estimate of drug-likeness (QED) is 0.657. The van der Waals surface area contributed by atoms with E-state index in [2.05, 4.69) is 45.0 Å². The van der Waals surface area contributed by atoms with E-state index in [-0.39, 0.29) is 5.54 Å². The molecule has 4 nitrogen and oxygen atoms in total. The lowest BCUT2D eigenvalue weighted by Gasteiger charge is -2.61. The molecular weight excluding hydrogens is 389 g/mol. The minimum atomic E-state index is 0.287. The van der Waals surface area contributed by atoms with E-state index in [1.807, 2.05) is 24.4 Å². The summed E-state index contributed by atoms with van der Waals surface area (Å²) >= 11 is 2.20. The molecule has 0 aliphatic heterocycles. The van der Waals surface area contributed by atoms with Crippen LogP contribution in [-0.4, -0.2) is 15.5 Å². The molecule has 3 aliphatic rings. The first kappa shape index (κ1) is 12.9. The van der Waals surface area contributed by atoms with Crippen LogP contribution in [0.2, 0.25) is 0 Å². The van der Waals surface area contributed by atoms with Gasteiger partial charge < -0.3 is 9.73 Å². The molecule has 2 aromatic heterocycles. The SMILES string of the molecule is Ic1cc2cccc(-c3ccnc(NC45CC(C4)C5)n3)c2o1. The van der Waals surface area contributed by atoms with Crippen LogP contribution in [0.4, 0.5) is 5.95 Å². The number of fused-ring (bicyclic) bond motifs is 1. The van der Waals surface area contributed by atoms with Crippen molar-refractivity contribution in [2.75, 3.05) is 5.32 Å². The zero-order chi connectivity index (χ0) is 14.7. The summed E-state index contributed by atoms with van der Waals surface area (Å²) in [6.45, 7) is 0. The molecule has 0 unspecified atom stereocenters. The number of hydrogen-bond acceptors (Lipinski definition) is 4. The molecule has 110 valence electrons. The number of benzene rings is 1. The van der Waals surface area contributed by atoms with Gasteiger partial charge in [0.05, 0.1) is 5.69 Å². The Labute approximate surface area is 141 Å². The smallest absolute Gasteiger partial charge is 0.223 e. The van der Waals surface area contributed by atoms with Gasteiger partial charge in [-0.3, -0.25) is 0 Å². The second kappa shape index (κ2) is 4.44. The summed E-state index contributed by atoms with van der Waals surface area (Å²) in [7, 11) is 0. The van der Waals surface area contributed by atoms with Crippen molar-refractivity contribution >= 4 is 39.5 Å². The number of halogens is 1. The highest BCUT2D eigenvalue weighted by atomic mass is 127. The third-order valence-corrected chi connectivity index (χ3v) is 5.39. The predicted octanol–water partition coefficient (Wildman–Crippen LogP) is 4.46. The average molecular weight is 403 g/mol. The van der Waals surface area contributed by atoms with E-state index in [4.69, 9.17) is 9.40 Å². The summed E-state index contributed by atoms with van der Waals surface area (Å²) in [6, 6.07) is 10.1. The Morgan fingerprint density at radius 1 is 1.23 bits per heavy atom. The summed E-state index contributed by atoms with van der Waals surface area (Å²) in [5.41, 5.74) is 3.10. The maximum atomic E-state index is 5.84. The van der Waals surface area contributed by atoms with E-state index in [9.17, 15) is 0 Å². The molecule has 3 aromatic rings. The van der Waals surface area contributed by atoms with Crippen LogP contribution in [-0.2, 0) is 0 Å². The second-order valence-electron chi connectivity index (χ2n) is 6.42. The van der Waals surface area contributed by atoms with Gasteiger partial charge in [-0.25, -0.2) is 9.97 Å². The fraction of sp³-hybridized carbons (Fsp3) is 0.294. The molecule has 3 saturated carbocycles. The standard InChI is InChI=1S/C17H14IN3O/c18-14-6-11-2-1-3-12(15(11)22-14)13-4-5-19-16(20-13)21-17-7-10(8-17)9-17/h1-6,10H,7-9H2,(H,19,20,21). The molecule has 0 spiro atoms. The van der Waals surface area contributed by atoms with Crippen LogP contribution in [0, 0.1) is 9.68 Å². The molecular formula is C17H14IN3O. The van der Waals surface area contributed by atoms with Crippen molar-refractivity contribution in [1.82, 2.24) is 9.97 Å². The van der Waals surface area contributed by atoms with Crippen LogP contribution in [0.3, 0.4) is 0 Å². The molecule has 0 atom stereocenters. The number of nitrogens with one attached hydrogen (secondary N) is 1. The maximum absolute atomic E-state index is 5.84. The normalized spacial score (nSPS) is 25.6. The van der Waals surface area contributed by atoms with Crippen LogP contribution in [0.15, 0.2) is 40.9 Å². The number of rotatable bonds is 3. The first-order valence-corrected chi connectivity index (χ1v) is 8.58. The molecule has 5 heteroatoms. The van der Waals surface area contributed by atoms with E-state index in [1.165, 1.54) is 19.3 Å². The summed E-state index contributed by atoms with van der Waals surface area (Å²) in [5.74, 6) is 1.67. The Morgan fingerprint density at radius 3 is 2.86 bits per heavy atom. The van der Waals surface area contributed by atoms with Gasteiger partial charge in [-0.05, 0) is 66.0 Å². The average Bonchev–Trinajstić information content (AvgIpc) is 2.82. The number of anilines is 1. The van der Waals surface area contributed by atoms with Gasteiger partial charge in [-0.2, -0.15) is 0 Å². The van der Waals surface area contributed by atoms with Gasteiger partial charge in [0.15, 0.2) is 3.77 Å². The topological polar surface area (TPSA) is 51.0 Å². The lowest BCUT2D eigenvalue weighted by atomic mass is 9.50. The fourth-order valence-corrected chi connectivity index (χ4v) is 4.23. The molecule has 6 rings (SSSR count). The summed E-state index contributed by atoms with van der Waals surface area (Å²) in [5, 5.41) is 4.64. The van der Waals surface area contributed by atoms with Crippen LogP contribution in [0.1, 0.15) is 19.3 Å². The monoisotopic (exact) mass is 403 g/mol. The molecule has 1 N–H and O–H groups in total. The minimum absolute atomic E-state index is 0.287. The zero-order valence-corrected chi connectivity index (χ0v) is 14.0. The highest BCUT2D eigenvalue weighted by molar-refractivity contribution is 14.1. The molecule has 0 radical (unpaired) electrons.